The fourth-order valence-electron chi connectivity index (χ4n) is 5.14. The Hall–Kier alpha value is -3.52. The molecule has 0 aliphatic carbocycles. The lowest BCUT2D eigenvalue weighted by molar-refractivity contribution is -0.514. The van der Waals surface area contributed by atoms with Gasteiger partial charge >= 0.3 is 36.3 Å². The zero-order chi connectivity index (χ0) is 40.4. The molecule has 3 rings (SSSR count). The lowest BCUT2D eigenvalue weighted by atomic mass is 9.67. The van der Waals surface area contributed by atoms with Crippen LogP contribution in [0.3, 0.4) is 0 Å². The van der Waals surface area contributed by atoms with Gasteiger partial charge in [0.15, 0.2) is 0 Å². The van der Waals surface area contributed by atoms with Gasteiger partial charge in [0.1, 0.15) is 11.3 Å². The summed E-state index contributed by atoms with van der Waals surface area (Å²) in [7, 11) is 1.17. The summed E-state index contributed by atoms with van der Waals surface area (Å²) >= 11 is 0.654. The summed E-state index contributed by atoms with van der Waals surface area (Å²) in [6.45, 7) is 6.41. The van der Waals surface area contributed by atoms with E-state index in [0.29, 0.717) is 11.8 Å². The molecular formula is C34H39F9N2O7S. The van der Waals surface area contributed by atoms with Gasteiger partial charge in [0.05, 0.1) is 36.7 Å². The number of hydrogen-bond acceptors (Lipinski definition) is 10. The van der Waals surface area contributed by atoms with Crippen molar-refractivity contribution in [1.82, 2.24) is 0 Å². The average Bonchev–Trinajstić information content (AvgIpc) is 2.97. The van der Waals surface area contributed by atoms with Crippen molar-refractivity contribution in [2.45, 2.75) is 94.5 Å². The van der Waals surface area contributed by atoms with Gasteiger partial charge in [0, 0.05) is 39.1 Å². The predicted octanol–water partition coefficient (Wildman–Crippen LogP) is 8.54. The van der Waals surface area contributed by atoms with E-state index in [9.17, 15) is 49.1 Å². The van der Waals surface area contributed by atoms with E-state index in [2.05, 4.69) is 9.47 Å². The Morgan fingerprint density at radius 1 is 0.811 bits per heavy atom. The highest BCUT2D eigenvalue weighted by molar-refractivity contribution is 7.99. The van der Waals surface area contributed by atoms with E-state index in [4.69, 9.17) is 25.4 Å². The number of nitrogens with two attached hydrogens (primary N) is 2. The molecule has 4 N–H and O–H groups in total. The monoisotopic (exact) mass is 790 g/mol. The van der Waals surface area contributed by atoms with Crippen LogP contribution in [-0.4, -0.2) is 55.0 Å². The van der Waals surface area contributed by atoms with Crippen LogP contribution < -0.4 is 21.8 Å². The standard InChI is InChI=1S/C34H39F9N2O7S/c1-28(2,44)18-30(5,29(3,4)45)27(47)49-13-11-31(35,36)51-34(42,43)52-32(37,38)12-14-53-21-9-7-19-15-23(26(46)50-25(19)17-21)22-10-8-20(48-6)16-24(22)33(39,40)41/h7-10,15-17H,11-14,18,44-45H2,1-6H3. The third-order valence-corrected chi connectivity index (χ3v) is 9.03. The number of benzene rings is 2. The van der Waals surface area contributed by atoms with Crippen molar-refractivity contribution in [1.29, 1.82) is 0 Å². The molecule has 3 aromatic rings. The van der Waals surface area contributed by atoms with Crippen LogP contribution in [-0.2, 0) is 25.2 Å². The van der Waals surface area contributed by atoms with E-state index in [-0.39, 0.29) is 28.0 Å². The Morgan fingerprint density at radius 2 is 1.42 bits per heavy atom. The van der Waals surface area contributed by atoms with Crippen molar-refractivity contribution >= 4 is 28.7 Å². The summed E-state index contributed by atoms with van der Waals surface area (Å²) in [5.74, 6) is -1.77. The van der Waals surface area contributed by atoms with Crippen LogP contribution in [0, 0.1) is 5.41 Å². The van der Waals surface area contributed by atoms with E-state index in [1.54, 1.807) is 13.8 Å². The SMILES string of the molecule is COc1ccc(-c2cc3ccc(SCCC(F)(F)OC(F)(F)OC(F)(F)CCOC(=O)C(C)(CC(C)(C)N)C(C)(C)N)cc3oc2=O)c(C(F)(F)F)c1. The Labute approximate surface area is 302 Å². The minimum Gasteiger partial charge on any atom is -0.497 e. The highest BCUT2D eigenvalue weighted by atomic mass is 32.2. The Balaban J connectivity index is 1.61. The maximum Gasteiger partial charge on any atom is 0.494 e. The molecule has 0 bridgehead atoms. The number of hydrogen-bond donors (Lipinski definition) is 2. The maximum absolute atomic E-state index is 14.3. The lowest BCUT2D eigenvalue weighted by Gasteiger charge is -2.42. The van der Waals surface area contributed by atoms with Crippen LogP contribution in [0.1, 0.15) is 59.4 Å². The van der Waals surface area contributed by atoms with Gasteiger partial charge in [-0.05, 0) is 77.4 Å². The van der Waals surface area contributed by atoms with Crippen LogP contribution in [0.25, 0.3) is 22.1 Å². The summed E-state index contributed by atoms with van der Waals surface area (Å²) in [6.07, 6.45) is -22.9. The number of rotatable bonds is 17. The number of fused-ring (bicyclic) bond motifs is 1. The molecule has 19 heteroatoms. The van der Waals surface area contributed by atoms with Crippen molar-refractivity contribution in [2.75, 3.05) is 19.5 Å². The number of esters is 1. The number of carbonyl (C=O) groups is 1. The second-order valence-corrected chi connectivity index (χ2v) is 14.9. The van der Waals surface area contributed by atoms with Crippen LogP contribution in [0.4, 0.5) is 39.5 Å². The first-order valence-corrected chi connectivity index (χ1v) is 16.7. The molecule has 0 radical (unpaired) electrons. The highest BCUT2D eigenvalue weighted by Crippen LogP contribution is 2.41. The number of halogens is 9. The third-order valence-electron chi connectivity index (χ3n) is 8.04. The summed E-state index contributed by atoms with van der Waals surface area (Å²) < 4.78 is 148. The molecule has 9 nitrogen and oxygen atoms in total. The second kappa shape index (κ2) is 15.7. The zero-order valence-corrected chi connectivity index (χ0v) is 30.2. The van der Waals surface area contributed by atoms with E-state index in [1.165, 1.54) is 52.1 Å². The summed E-state index contributed by atoms with van der Waals surface area (Å²) in [6, 6.07) is 8.02. The van der Waals surface area contributed by atoms with Crippen molar-refractivity contribution in [3.8, 4) is 16.9 Å². The van der Waals surface area contributed by atoms with Crippen molar-refractivity contribution in [3.05, 3.63) is 58.4 Å². The van der Waals surface area contributed by atoms with E-state index in [0.717, 1.165) is 18.2 Å². The molecule has 2 aromatic carbocycles. The number of alkyl halides is 9. The van der Waals surface area contributed by atoms with Crippen molar-refractivity contribution in [2.24, 2.45) is 16.9 Å². The van der Waals surface area contributed by atoms with Gasteiger partial charge < -0.3 is 25.4 Å². The molecule has 0 saturated carbocycles. The number of carbonyl (C=O) groups excluding carboxylic acids is 1. The molecule has 0 fully saturated rings. The molecule has 0 spiro atoms. The van der Waals surface area contributed by atoms with E-state index in [1.807, 2.05) is 0 Å². The van der Waals surface area contributed by atoms with E-state index >= 15 is 0 Å². The largest absolute Gasteiger partial charge is 0.497 e. The zero-order valence-electron chi connectivity index (χ0n) is 29.4. The molecular weight excluding hydrogens is 751 g/mol. The van der Waals surface area contributed by atoms with Crippen LogP contribution in [0.15, 0.2) is 56.6 Å². The molecule has 53 heavy (non-hydrogen) atoms. The van der Waals surface area contributed by atoms with Crippen molar-refractivity contribution in [3.63, 3.8) is 0 Å². The second-order valence-electron chi connectivity index (χ2n) is 13.7. The average molecular weight is 791 g/mol. The highest BCUT2D eigenvalue weighted by Gasteiger charge is 2.53. The summed E-state index contributed by atoms with van der Waals surface area (Å²) in [4.78, 5) is 25.7. The predicted molar refractivity (Wildman–Crippen MR) is 177 cm³/mol. The van der Waals surface area contributed by atoms with Gasteiger partial charge in [-0.3, -0.25) is 4.79 Å². The van der Waals surface area contributed by atoms with Gasteiger partial charge in [-0.1, -0.05) is 6.07 Å². The molecule has 1 unspecified atom stereocenters. The Morgan fingerprint density at radius 3 is 1.96 bits per heavy atom. The van der Waals surface area contributed by atoms with Gasteiger partial charge in [-0.15, -0.1) is 20.5 Å². The van der Waals surface area contributed by atoms with Crippen LogP contribution in [0.5, 0.6) is 5.75 Å². The lowest BCUT2D eigenvalue weighted by Crippen LogP contribution is -2.58. The first-order chi connectivity index (χ1) is 24.0. The molecule has 0 amide bonds. The normalized spacial score (nSPS) is 14.7. The van der Waals surface area contributed by atoms with Crippen LogP contribution >= 0.6 is 11.8 Å². The molecule has 1 aromatic heterocycles. The van der Waals surface area contributed by atoms with E-state index < -0.39 is 94.7 Å². The molecule has 296 valence electrons. The third kappa shape index (κ3) is 12.0. The maximum atomic E-state index is 14.3. The summed E-state index contributed by atoms with van der Waals surface area (Å²) in [5.41, 5.74) is 5.12. The number of ether oxygens (including phenoxy) is 4. The van der Waals surface area contributed by atoms with Crippen LogP contribution in [0.2, 0.25) is 0 Å². The van der Waals surface area contributed by atoms with Gasteiger partial charge in [-0.2, -0.15) is 30.7 Å². The van der Waals surface area contributed by atoms with Gasteiger partial charge in [0.2, 0.25) is 0 Å². The molecule has 1 atom stereocenters. The Bertz CT molecular complexity index is 1820. The molecule has 0 aliphatic heterocycles. The summed E-state index contributed by atoms with van der Waals surface area (Å²) in [5, 5.41) is 0.172. The smallest absolute Gasteiger partial charge is 0.494 e. The number of methoxy groups -OCH3 is 1. The molecule has 0 aliphatic rings. The number of thioether (sulfide) groups is 1. The molecule has 1 heterocycles. The molecule has 0 saturated heterocycles. The minimum atomic E-state index is -5.49. The van der Waals surface area contributed by atoms with Gasteiger partial charge in [-0.25, -0.2) is 14.3 Å². The topological polar surface area (TPSA) is 136 Å². The van der Waals surface area contributed by atoms with Crippen molar-refractivity contribution < 1.29 is 67.7 Å². The first-order valence-electron chi connectivity index (χ1n) is 15.7. The fourth-order valence-corrected chi connectivity index (χ4v) is 6.07. The fraction of sp³-hybridized carbons (Fsp3) is 0.529. The Kier molecular flexibility index (Phi) is 13.0. The minimum absolute atomic E-state index is 0.0347. The quantitative estimate of drug-likeness (QED) is 0.0450. The first kappa shape index (κ1) is 43.9. The van der Waals surface area contributed by atoms with Gasteiger partial charge in [0.25, 0.3) is 0 Å².